The predicted molar refractivity (Wildman–Crippen MR) is 103 cm³/mol. The third-order valence-electron chi connectivity index (χ3n) is 4.07. The van der Waals surface area contributed by atoms with Gasteiger partial charge in [-0.25, -0.2) is 4.98 Å². The average Bonchev–Trinajstić information content (AvgIpc) is 2.98. The van der Waals surface area contributed by atoms with Crippen LogP contribution in [-0.2, 0) is 19.6 Å². The van der Waals surface area contributed by atoms with Gasteiger partial charge in [-0.05, 0) is 36.8 Å². The van der Waals surface area contributed by atoms with Crippen LogP contribution in [0.5, 0.6) is 11.5 Å². The molecule has 3 aromatic rings. The lowest BCUT2D eigenvalue weighted by molar-refractivity contribution is 0.393. The van der Waals surface area contributed by atoms with Crippen molar-refractivity contribution < 1.29 is 9.47 Å². The molecule has 134 valence electrons. The molecule has 1 aromatic heterocycles. The molecule has 0 amide bonds. The minimum Gasteiger partial charge on any atom is -0.497 e. The van der Waals surface area contributed by atoms with Gasteiger partial charge in [0.05, 0.1) is 31.8 Å². The van der Waals surface area contributed by atoms with Crippen molar-refractivity contribution in [2.45, 2.75) is 26.6 Å². The van der Waals surface area contributed by atoms with Gasteiger partial charge in [0.25, 0.3) is 0 Å². The summed E-state index contributed by atoms with van der Waals surface area (Å²) in [6.07, 6.45) is 0. The Hall–Kier alpha value is -2.24. The van der Waals surface area contributed by atoms with Gasteiger partial charge in [0.1, 0.15) is 17.3 Å². The van der Waals surface area contributed by atoms with Crippen molar-refractivity contribution in [1.82, 2.24) is 14.9 Å². The molecule has 3 rings (SSSR count). The van der Waals surface area contributed by atoms with Crippen molar-refractivity contribution in [2.24, 2.45) is 0 Å². The highest BCUT2D eigenvalue weighted by atomic mass is 35.5. The summed E-state index contributed by atoms with van der Waals surface area (Å²) in [7, 11) is 3.32. The quantitative estimate of drug-likeness (QED) is 0.695. The molecule has 0 saturated heterocycles. The predicted octanol–water partition coefficient (Wildman–Crippen LogP) is 3.79. The number of benzene rings is 2. The summed E-state index contributed by atoms with van der Waals surface area (Å²) >= 11 is 0. The van der Waals surface area contributed by atoms with Gasteiger partial charge in [0, 0.05) is 19.2 Å². The van der Waals surface area contributed by atoms with Crippen molar-refractivity contribution in [3.05, 3.63) is 53.9 Å². The highest BCUT2D eigenvalue weighted by Gasteiger charge is 2.09. The standard InChI is InChI=1S/C19H23N3O2.ClH/c1-4-22-18-8-6-5-7-17(18)21-19(22)13-20-12-14-9-15(23-2)11-16(10-14)24-3;/h5-11,20H,4,12-13H2,1-3H3;1H. The van der Waals surface area contributed by atoms with E-state index in [0.29, 0.717) is 6.54 Å². The van der Waals surface area contributed by atoms with Gasteiger partial charge in [-0.1, -0.05) is 12.1 Å². The minimum absolute atomic E-state index is 0. The maximum Gasteiger partial charge on any atom is 0.123 e. The van der Waals surface area contributed by atoms with E-state index in [2.05, 4.69) is 35.0 Å². The molecule has 0 saturated carbocycles. The molecule has 0 radical (unpaired) electrons. The molecular formula is C19H24ClN3O2. The molecule has 5 nitrogen and oxygen atoms in total. The molecule has 0 aliphatic carbocycles. The number of fused-ring (bicyclic) bond motifs is 1. The summed E-state index contributed by atoms with van der Waals surface area (Å²) < 4.78 is 12.9. The first-order valence-electron chi connectivity index (χ1n) is 8.12. The number of methoxy groups -OCH3 is 2. The summed E-state index contributed by atoms with van der Waals surface area (Å²) in [5.41, 5.74) is 3.34. The molecule has 0 atom stereocenters. The van der Waals surface area contributed by atoms with Crippen LogP contribution >= 0.6 is 12.4 Å². The first kappa shape index (κ1) is 19.1. The Morgan fingerprint density at radius 2 is 1.68 bits per heavy atom. The second kappa shape index (κ2) is 8.74. The van der Waals surface area contributed by atoms with Crippen LogP contribution in [0.2, 0.25) is 0 Å². The Balaban J connectivity index is 0.00000225. The minimum atomic E-state index is 0. The second-order valence-electron chi connectivity index (χ2n) is 5.59. The number of aryl methyl sites for hydroxylation is 1. The monoisotopic (exact) mass is 361 g/mol. The summed E-state index contributed by atoms with van der Waals surface area (Å²) in [6, 6.07) is 14.1. The van der Waals surface area contributed by atoms with Crippen LogP contribution in [0.4, 0.5) is 0 Å². The fourth-order valence-electron chi connectivity index (χ4n) is 2.90. The molecule has 6 heteroatoms. The Labute approximate surface area is 154 Å². The molecule has 0 bridgehead atoms. The highest BCUT2D eigenvalue weighted by molar-refractivity contribution is 5.85. The van der Waals surface area contributed by atoms with Crippen LogP contribution in [0.3, 0.4) is 0 Å². The van der Waals surface area contributed by atoms with Gasteiger partial charge in [-0.2, -0.15) is 0 Å². The average molecular weight is 362 g/mol. The van der Waals surface area contributed by atoms with Crippen molar-refractivity contribution in [2.75, 3.05) is 14.2 Å². The lowest BCUT2D eigenvalue weighted by atomic mass is 10.2. The number of nitrogens with zero attached hydrogens (tertiary/aromatic N) is 2. The van der Waals surface area contributed by atoms with Crippen molar-refractivity contribution in [3.63, 3.8) is 0 Å². The molecule has 0 unspecified atom stereocenters. The van der Waals surface area contributed by atoms with Crippen LogP contribution in [-0.4, -0.2) is 23.8 Å². The number of aromatic nitrogens is 2. The second-order valence-corrected chi connectivity index (χ2v) is 5.59. The molecule has 0 aliphatic rings. The molecule has 0 fully saturated rings. The number of hydrogen-bond donors (Lipinski definition) is 1. The molecule has 1 heterocycles. The van der Waals surface area contributed by atoms with E-state index in [0.717, 1.165) is 41.5 Å². The molecular weight excluding hydrogens is 338 g/mol. The SMILES string of the molecule is CCn1c(CNCc2cc(OC)cc(OC)c2)nc2ccccc21.Cl. The zero-order valence-corrected chi connectivity index (χ0v) is 15.6. The smallest absolute Gasteiger partial charge is 0.123 e. The Morgan fingerprint density at radius 3 is 2.32 bits per heavy atom. The van der Waals surface area contributed by atoms with Gasteiger partial charge in [-0.3, -0.25) is 0 Å². The number of halogens is 1. The van der Waals surface area contributed by atoms with Crippen LogP contribution in [0.15, 0.2) is 42.5 Å². The van der Waals surface area contributed by atoms with Crippen molar-refractivity contribution >= 4 is 23.4 Å². The number of nitrogens with one attached hydrogen (secondary N) is 1. The molecule has 0 aliphatic heterocycles. The van der Waals surface area contributed by atoms with E-state index >= 15 is 0 Å². The van der Waals surface area contributed by atoms with Gasteiger partial charge in [0.15, 0.2) is 0 Å². The molecule has 1 N–H and O–H groups in total. The van der Waals surface area contributed by atoms with E-state index in [1.807, 2.05) is 24.3 Å². The molecule has 2 aromatic carbocycles. The van der Waals surface area contributed by atoms with E-state index in [4.69, 9.17) is 14.5 Å². The van der Waals surface area contributed by atoms with Gasteiger partial charge < -0.3 is 19.4 Å². The summed E-state index contributed by atoms with van der Waals surface area (Å²) in [4.78, 5) is 4.73. The Bertz CT molecular complexity index is 810. The van der Waals surface area contributed by atoms with Gasteiger partial charge in [-0.15, -0.1) is 12.4 Å². The van der Waals surface area contributed by atoms with Gasteiger partial charge in [0.2, 0.25) is 0 Å². The maximum atomic E-state index is 5.31. The van der Waals surface area contributed by atoms with E-state index < -0.39 is 0 Å². The van der Waals surface area contributed by atoms with Crippen LogP contribution in [0.25, 0.3) is 11.0 Å². The lowest BCUT2D eigenvalue weighted by Crippen LogP contribution is -2.16. The number of imidazole rings is 1. The summed E-state index contributed by atoms with van der Waals surface area (Å²) in [5, 5.41) is 3.46. The summed E-state index contributed by atoms with van der Waals surface area (Å²) in [5.74, 6) is 2.65. The van der Waals surface area contributed by atoms with Crippen molar-refractivity contribution in [1.29, 1.82) is 0 Å². The first-order valence-corrected chi connectivity index (χ1v) is 8.12. The zero-order valence-electron chi connectivity index (χ0n) is 14.8. The van der Waals surface area contributed by atoms with Crippen LogP contribution in [0, 0.1) is 0 Å². The van der Waals surface area contributed by atoms with Gasteiger partial charge >= 0.3 is 0 Å². The third kappa shape index (κ3) is 4.24. The lowest BCUT2D eigenvalue weighted by Gasteiger charge is -2.10. The fraction of sp³-hybridized carbons (Fsp3) is 0.316. The van der Waals surface area contributed by atoms with Crippen LogP contribution < -0.4 is 14.8 Å². The number of para-hydroxylation sites is 2. The Morgan fingerprint density at radius 1 is 1.00 bits per heavy atom. The fourth-order valence-corrected chi connectivity index (χ4v) is 2.90. The molecule has 0 spiro atoms. The number of ether oxygens (including phenoxy) is 2. The van der Waals surface area contributed by atoms with Crippen LogP contribution in [0.1, 0.15) is 18.3 Å². The zero-order chi connectivity index (χ0) is 16.9. The topological polar surface area (TPSA) is 48.3 Å². The van der Waals surface area contributed by atoms with E-state index in [1.165, 1.54) is 5.52 Å². The summed E-state index contributed by atoms with van der Waals surface area (Å²) in [6.45, 7) is 4.48. The van der Waals surface area contributed by atoms with Crippen molar-refractivity contribution in [3.8, 4) is 11.5 Å². The number of rotatable bonds is 7. The molecule has 25 heavy (non-hydrogen) atoms. The maximum absolute atomic E-state index is 5.31. The Kier molecular flexibility index (Phi) is 6.67. The van der Waals surface area contributed by atoms with E-state index in [9.17, 15) is 0 Å². The highest BCUT2D eigenvalue weighted by Crippen LogP contribution is 2.22. The normalized spacial score (nSPS) is 10.5. The largest absolute Gasteiger partial charge is 0.497 e. The first-order chi connectivity index (χ1) is 11.7. The number of hydrogen-bond acceptors (Lipinski definition) is 4. The van der Waals surface area contributed by atoms with E-state index in [1.54, 1.807) is 14.2 Å². The van der Waals surface area contributed by atoms with E-state index in [-0.39, 0.29) is 12.4 Å². The third-order valence-corrected chi connectivity index (χ3v) is 4.07.